The molecular weight excluding hydrogens is 300 g/mol. The number of nitrogens with one attached hydrogen (secondary N) is 1. The Hall–Kier alpha value is -2.57. The molecule has 0 atom stereocenters. The predicted octanol–water partition coefficient (Wildman–Crippen LogP) is 3.05. The monoisotopic (exact) mass is 324 g/mol. The van der Waals surface area contributed by atoms with Crippen LogP contribution in [0.3, 0.4) is 0 Å². The van der Waals surface area contributed by atoms with E-state index >= 15 is 0 Å². The van der Waals surface area contributed by atoms with Gasteiger partial charge in [0.15, 0.2) is 0 Å². The molecule has 0 heterocycles. The van der Waals surface area contributed by atoms with E-state index in [1.54, 1.807) is 39.8 Å². The van der Waals surface area contributed by atoms with Crippen LogP contribution in [0.25, 0.3) is 0 Å². The maximum Gasteiger partial charge on any atom is 0.343 e. The Labute approximate surface area is 136 Å². The van der Waals surface area contributed by atoms with Crippen LogP contribution in [0.1, 0.15) is 34.1 Å². The Kier molecular flexibility index (Phi) is 9.82. The number of carbonyl (C=O) groups is 1. The van der Waals surface area contributed by atoms with Gasteiger partial charge >= 0.3 is 5.97 Å². The summed E-state index contributed by atoms with van der Waals surface area (Å²) in [7, 11) is 0. The molecule has 23 heavy (non-hydrogen) atoms. The van der Waals surface area contributed by atoms with Crippen molar-refractivity contribution in [2.75, 3.05) is 13.2 Å². The number of hydrogen-bond donors (Lipinski definition) is 1. The van der Waals surface area contributed by atoms with Crippen LogP contribution in [0.2, 0.25) is 0 Å². The topological polar surface area (TPSA) is 90.7 Å². The molecule has 7 nitrogen and oxygen atoms in total. The first-order valence-electron chi connectivity index (χ1n) is 7.38. The molecule has 0 radical (unpaired) electrons. The van der Waals surface area contributed by atoms with Crippen molar-refractivity contribution in [2.24, 2.45) is 0 Å². The van der Waals surface area contributed by atoms with Crippen LogP contribution in [0.5, 0.6) is 0 Å². The molecular formula is C16H24N2O5. The SMILES string of the molecule is C=C(OCC)/C(=C/NC(/C=C\C)=C(/CC)[N+](=O)[O-])C(=O)OCC. The van der Waals surface area contributed by atoms with Crippen molar-refractivity contribution >= 4 is 5.97 Å². The van der Waals surface area contributed by atoms with Crippen molar-refractivity contribution in [3.8, 4) is 0 Å². The Morgan fingerprint density at radius 1 is 1.26 bits per heavy atom. The minimum absolute atomic E-state index is 0.00424. The molecule has 0 unspecified atom stereocenters. The van der Waals surface area contributed by atoms with Gasteiger partial charge in [-0.25, -0.2) is 4.79 Å². The van der Waals surface area contributed by atoms with Gasteiger partial charge in [-0.05, 0) is 26.8 Å². The van der Waals surface area contributed by atoms with Crippen LogP contribution >= 0.6 is 0 Å². The van der Waals surface area contributed by atoms with Crippen LogP contribution in [-0.2, 0) is 14.3 Å². The zero-order valence-corrected chi connectivity index (χ0v) is 14.0. The van der Waals surface area contributed by atoms with Crippen LogP contribution in [0.4, 0.5) is 0 Å². The van der Waals surface area contributed by atoms with Gasteiger partial charge in [-0.1, -0.05) is 19.6 Å². The average Bonchev–Trinajstić information content (AvgIpc) is 2.48. The lowest BCUT2D eigenvalue weighted by Gasteiger charge is -2.11. The standard InChI is InChI=1S/C16H24N2O5/c1-6-10-14(15(7-2)18(20)21)17-11-13(12(5)22-8-3)16(19)23-9-4/h6,10-11,17H,5,7-9H2,1-4H3/b10-6-,13-11-,15-14-. The second kappa shape index (κ2) is 11.1. The van der Waals surface area contributed by atoms with Gasteiger partial charge in [0.2, 0.25) is 0 Å². The maximum absolute atomic E-state index is 12.0. The molecule has 0 aliphatic heterocycles. The molecule has 7 heteroatoms. The van der Waals surface area contributed by atoms with E-state index in [2.05, 4.69) is 11.9 Å². The summed E-state index contributed by atoms with van der Waals surface area (Å²) in [6, 6.07) is 0. The summed E-state index contributed by atoms with van der Waals surface area (Å²) in [5.74, 6) is -0.477. The minimum Gasteiger partial charge on any atom is -0.494 e. The molecule has 0 amide bonds. The largest absolute Gasteiger partial charge is 0.494 e. The lowest BCUT2D eigenvalue weighted by Crippen LogP contribution is -2.17. The van der Waals surface area contributed by atoms with Crippen molar-refractivity contribution in [1.29, 1.82) is 0 Å². The van der Waals surface area contributed by atoms with Crippen LogP contribution in [-0.4, -0.2) is 24.1 Å². The molecule has 0 fully saturated rings. The normalized spacial score (nSPS) is 12.6. The number of carbonyl (C=O) groups excluding carboxylic acids is 1. The summed E-state index contributed by atoms with van der Waals surface area (Å²) in [6.07, 6.45) is 4.76. The number of hydrogen-bond acceptors (Lipinski definition) is 6. The highest BCUT2D eigenvalue weighted by Gasteiger charge is 2.18. The quantitative estimate of drug-likeness (QED) is 0.166. The molecule has 1 N–H and O–H groups in total. The second-order valence-corrected chi connectivity index (χ2v) is 4.25. The third-order valence-corrected chi connectivity index (χ3v) is 2.69. The number of nitrogens with zero attached hydrogens (tertiary/aromatic N) is 1. The van der Waals surface area contributed by atoms with Gasteiger partial charge in [0.05, 0.1) is 18.1 Å². The average molecular weight is 324 g/mol. The third kappa shape index (κ3) is 6.82. The van der Waals surface area contributed by atoms with Gasteiger partial charge in [-0.3, -0.25) is 10.1 Å². The fourth-order valence-electron chi connectivity index (χ4n) is 1.68. The van der Waals surface area contributed by atoms with Crippen molar-refractivity contribution in [1.82, 2.24) is 5.32 Å². The van der Waals surface area contributed by atoms with Gasteiger partial charge in [-0.2, -0.15) is 0 Å². The Bertz CT molecular complexity index is 513. The van der Waals surface area contributed by atoms with E-state index in [1.165, 1.54) is 6.20 Å². The molecule has 0 aromatic rings. The Morgan fingerprint density at radius 3 is 2.30 bits per heavy atom. The molecule has 0 aliphatic rings. The lowest BCUT2D eigenvalue weighted by molar-refractivity contribution is -0.428. The highest BCUT2D eigenvalue weighted by atomic mass is 16.6. The van der Waals surface area contributed by atoms with Crippen molar-refractivity contribution < 1.29 is 19.2 Å². The number of nitro groups is 1. The fourth-order valence-corrected chi connectivity index (χ4v) is 1.68. The van der Waals surface area contributed by atoms with Gasteiger partial charge in [0.1, 0.15) is 17.0 Å². The van der Waals surface area contributed by atoms with Crippen molar-refractivity contribution in [3.05, 3.63) is 57.8 Å². The summed E-state index contributed by atoms with van der Waals surface area (Å²) in [5.41, 5.74) is 0.366. The lowest BCUT2D eigenvalue weighted by atomic mass is 10.2. The van der Waals surface area contributed by atoms with Gasteiger partial charge in [0, 0.05) is 12.6 Å². The van der Waals surface area contributed by atoms with Crippen molar-refractivity contribution in [2.45, 2.75) is 34.1 Å². The van der Waals surface area contributed by atoms with E-state index in [4.69, 9.17) is 9.47 Å². The first-order valence-corrected chi connectivity index (χ1v) is 7.38. The molecule has 0 bridgehead atoms. The van der Waals surface area contributed by atoms with Gasteiger partial charge in [0.25, 0.3) is 5.70 Å². The Balaban J connectivity index is 5.65. The molecule has 0 aliphatic carbocycles. The molecule has 0 spiro atoms. The summed E-state index contributed by atoms with van der Waals surface area (Å²) in [4.78, 5) is 22.6. The third-order valence-electron chi connectivity index (χ3n) is 2.69. The fraction of sp³-hybridized carbons (Fsp3) is 0.438. The Morgan fingerprint density at radius 2 is 1.87 bits per heavy atom. The predicted molar refractivity (Wildman–Crippen MR) is 87.7 cm³/mol. The van der Waals surface area contributed by atoms with Gasteiger partial charge in [-0.15, -0.1) is 0 Å². The number of allylic oxidation sites excluding steroid dienone is 3. The highest BCUT2D eigenvalue weighted by Crippen LogP contribution is 2.13. The number of esters is 1. The second-order valence-electron chi connectivity index (χ2n) is 4.25. The van der Waals surface area contributed by atoms with Crippen LogP contribution in [0.15, 0.2) is 47.7 Å². The maximum atomic E-state index is 12.0. The molecule has 0 saturated heterocycles. The molecule has 0 saturated carbocycles. The minimum atomic E-state index is -0.613. The van der Waals surface area contributed by atoms with Crippen LogP contribution < -0.4 is 5.32 Å². The van der Waals surface area contributed by atoms with Crippen molar-refractivity contribution in [3.63, 3.8) is 0 Å². The smallest absolute Gasteiger partial charge is 0.343 e. The summed E-state index contributed by atoms with van der Waals surface area (Å²) in [5, 5.41) is 13.9. The molecule has 0 aromatic carbocycles. The summed E-state index contributed by atoms with van der Waals surface area (Å²) >= 11 is 0. The van der Waals surface area contributed by atoms with E-state index in [9.17, 15) is 14.9 Å². The van der Waals surface area contributed by atoms with E-state index < -0.39 is 10.9 Å². The van der Waals surface area contributed by atoms with Gasteiger partial charge < -0.3 is 14.8 Å². The highest BCUT2D eigenvalue weighted by molar-refractivity contribution is 5.92. The molecule has 128 valence electrons. The molecule has 0 rings (SSSR count). The van der Waals surface area contributed by atoms with E-state index in [0.29, 0.717) is 6.61 Å². The zero-order valence-electron chi connectivity index (χ0n) is 14.0. The molecule has 0 aromatic heterocycles. The summed E-state index contributed by atoms with van der Waals surface area (Å²) < 4.78 is 10.2. The number of rotatable bonds is 10. The first kappa shape index (κ1) is 20.4. The number of ether oxygens (including phenoxy) is 2. The van der Waals surface area contributed by atoms with Crippen LogP contribution in [0, 0.1) is 10.1 Å². The first-order chi connectivity index (χ1) is 10.9. The van der Waals surface area contributed by atoms with E-state index in [0.717, 1.165) is 0 Å². The van der Waals surface area contributed by atoms with E-state index in [1.807, 2.05) is 0 Å². The van der Waals surface area contributed by atoms with E-state index in [-0.39, 0.29) is 35.8 Å². The summed E-state index contributed by atoms with van der Waals surface area (Å²) in [6.45, 7) is 11.1. The zero-order chi connectivity index (χ0) is 17.8.